The molecule has 1 aromatic rings. The highest BCUT2D eigenvalue weighted by atomic mass is 79.9. The number of benzene rings is 1. The first-order chi connectivity index (χ1) is 13.1. The molecule has 7 nitrogen and oxygen atoms in total. The zero-order chi connectivity index (χ0) is 20.6. The number of carbonyl (C=O) groups is 3. The van der Waals surface area contributed by atoms with Crippen molar-refractivity contribution in [1.82, 2.24) is 10.2 Å². The van der Waals surface area contributed by atoms with Crippen LogP contribution in [0.15, 0.2) is 41.6 Å². The summed E-state index contributed by atoms with van der Waals surface area (Å²) in [5, 5.41) is 2.19. The summed E-state index contributed by atoms with van der Waals surface area (Å²) in [5.74, 6) is -1.30. The largest absolute Gasteiger partial charge is 0.614 e. The van der Waals surface area contributed by atoms with E-state index in [0.29, 0.717) is 16.5 Å². The fourth-order valence-electron chi connectivity index (χ4n) is 3.08. The molecule has 150 valence electrons. The number of nitrogens with zero attached hydrogens (tertiary/aromatic N) is 1. The number of hydrogen-bond donors (Lipinski definition) is 1. The molecule has 2 heterocycles. The number of rotatable bonds is 5. The van der Waals surface area contributed by atoms with Crippen molar-refractivity contribution in [3.8, 4) is 0 Å². The molecule has 1 N–H and O–H groups in total. The smallest absolute Gasteiger partial charge is 0.342 e. The highest BCUT2D eigenvalue weighted by Crippen LogP contribution is 2.38. The van der Waals surface area contributed by atoms with Crippen molar-refractivity contribution >= 4 is 53.2 Å². The van der Waals surface area contributed by atoms with Gasteiger partial charge in [0, 0.05) is 16.5 Å². The summed E-state index contributed by atoms with van der Waals surface area (Å²) < 4.78 is 18.3. The van der Waals surface area contributed by atoms with Gasteiger partial charge in [-0.15, -0.1) is 0 Å². The third-order valence-electron chi connectivity index (χ3n) is 4.28. The summed E-state index contributed by atoms with van der Waals surface area (Å²) >= 11 is 1.87. The van der Waals surface area contributed by atoms with Crippen molar-refractivity contribution in [2.45, 2.75) is 31.1 Å². The Hall–Kier alpha value is -1.62. The van der Waals surface area contributed by atoms with Gasteiger partial charge in [0.1, 0.15) is 11.4 Å². The van der Waals surface area contributed by atoms with E-state index >= 15 is 0 Å². The Morgan fingerprint density at radius 1 is 1.32 bits per heavy atom. The Bertz CT molecular complexity index is 842. The van der Waals surface area contributed by atoms with E-state index in [4.69, 9.17) is 4.43 Å². The first-order valence-corrected chi connectivity index (χ1v) is 14.6. The lowest BCUT2D eigenvalue weighted by Crippen LogP contribution is -2.75. The monoisotopic (exact) mass is 484 g/mol. The highest BCUT2D eigenvalue weighted by molar-refractivity contribution is 9.09. The van der Waals surface area contributed by atoms with Crippen LogP contribution in [0, 0.1) is 0 Å². The summed E-state index contributed by atoms with van der Waals surface area (Å²) in [4.78, 5) is 39.2. The maximum Gasteiger partial charge on any atom is 0.342 e. The summed E-state index contributed by atoms with van der Waals surface area (Å²) in [5.41, 5.74) is 1.13. The van der Waals surface area contributed by atoms with Gasteiger partial charge < -0.3 is 14.3 Å². The molecule has 2 amide bonds. The lowest BCUT2D eigenvalue weighted by molar-refractivity contribution is -0.148. The topological polar surface area (TPSA) is 98.8 Å². The van der Waals surface area contributed by atoms with Crippen LogP contribution in [0.2, 0.25) is 19.6 Å². The van der Waals surface area contributed by atoms with Crippen molar-refractivity contribution in [2.24, 2.45) is 0 Å². The van der Waals surface area contributed by atoms with Gasteiger partial charge in [-0.05, 0) is 42.9 Å². The number of β-lactam (4-membered cyclic amide) rings is 1. The van der Waals surface area contributed by atoms with E-state index < -0.39 is 48.7 Å². The van der Waals surface area contributed by atoms with E-state index in [2.05, 4.69) is 21.2 Å². The van der Waals surface area contributed by atoms with Gasteiger partial charge in [0.05, 0.1) is 0 Å². The molecule has 1 aromatic carbocycles. The van der Waals surface area contributed by atoms with Crippen LogP contribution >= 0.6 is 15.9 Å². The summed E-state index contributed by atoms with van der Waals surface area (Å²) in [6.45, 7) is 5.62. The second-order valence-electron chi connectivity index (χ2n) is 7.53. The molecule has 2 aliphatic heterocycles. The fraction of sp³-hybridized carbons (Fsp3) is 0.389. The second kappa shape index (κ2) is 8.01. The van der Waals surface area contributed by atoms with E-state index in [1.807, 2.05) is 19.6 Å². The molecule has 3 rings (SSSR count). The van der Waals surface area contributed by atoms with Crippen LogP contribution in [0.1, 0.15) is 10.4 Å². The van der Waals surface area contributed by atoms with Crippen LogP contribution < -0.4 is 5.32 Å². The average molecular weight is 485 g/mol. The van der Waals surface area contributed by atoms with Gasteiger partial charge in [-0.3, -0.25) is 14.5 Å². The highest BCUT2D eigenvalue weighted by Gasteiger charge is 2.61. The minimum absolute atomic E-state index is 0.146. The molecular weight excluding hydrogens is 464 g/mol. The number of fused-ring (bicyclic) bond motifs is 1. The van der Waals surface area contributed by atoms with Gasteiger partial charge in [-0.2, -0.15) is 0 Å². The van der Waals surface area contributed by atoms with Gasteiger partial charge in [-0.1, -0.05) is 34.1 Å². The predicted octanol–water partition coefficient (Wildman–Crippen LogP) is 1.74. The maximum atomic E-state index is 12.8. The van der Waals surface area contributed by atoms with Crippen molar-refractivity contribution in [1.29, 1.82) is 0 Å². The minimum atomic E-state index is -2.18. The number of alkyl halides is 1. The Labute approximate surface area is 175 Å². The van der Waals surface area contributed by atoms with E-state index in [-0.39, 0.29) is 11.4 Å². The minimum Gasteiger partial charge on any atom is -0.614 e. The van der Waals surface area contributed by atoms with Crippen molar-refractivity contribution in [3.63, 3.8) is 0 Å². The lowest BCUT2D eigenvalue weighted by atomic mass is 10.0. The van der Waals surface area contributed by atoms with Crippen LogP contribution in [-0.2, 0) is 25.2 Å². The van der Waals surface area contributed by atoms with Gasteiger partial charge >= 0.3 is 5.97 Å². The van der Waals surface area contributed by atoms with Crippen molar-refractivity contribution in [2.75, 3.05) is 11.1 Å². The number of nitrogens with one attached hydrogen (secondary N) is 1. The molecule has 0 aliphatic carbocycles. The van der Waals surface area contributed by atoms with Crippen molar-refractivity contribution in [3.05, 3.63) is 47.2 Å². The molecule has 10 heteroatoms. The lowest BCUT2D eigenvalue weighted by Gasteiger charge is -2.49. The molecule has 1 fully saturated rings. The van der Waals surface area contributed by atoms with E-state index in [1.54, 1.807) is 30.3 Å². The molecule has 0 saturated carbocycles. The molecule has 0 aromatic heterocycles. The van der Waals surface area contributed by atoms with Gasteiger partial charge in [0.25, 0.3) is 11.8 Å². The second-order valence-corrected chi connectivity index (χ2v) is 14.1. The maximum absolute atomic E-state index is 12.8. The summed E-state index contributed by atoms with van der Waals surface area (Å²) in [6.07, 6.45) is 0. The number of hydrogen-bond acceptors (Lipinski definition) is 5. The van der Waals surface area contributed by atoms with E-state index in [0.717, 1.165) is 0 Å². The molecule has 0 radical (unpaired) electrons. The van der Waals surface area contributed by atoms with Crippen LogP contribution in [0.25, 0.3) is 0 Å². The third-order valence-corrected chi connectivity index (χ3v) is 7.41. The Balaban J connectivity index is 1.84. The summed E-state index contributed by atoms with van der Waals surface area (Å²) in [7, 11) is -2.18. The fourth-order valence-corrected chi connectivity index (χ4v) is 6.15. The van der Waals surface area contributed by atoms with Crippen LogP contribution in [0.4, 0.5) is 0 Å². The van der Waals surface area contributed by atoms with E-state index in [9.17, 15) is 18.9 Å². The van der Waals surface area contributed by atoms with Crippen molar-refractivity contribution < 1.29 is 23.4 Å². The summed E-state index contributed by atoms with van der Waals surface area (Å²) in [6, 6.07) is 7.56. The quantitative estimate of drug-likeness (QED) is 0.297. The SMILES string of the molecule is C[Si](C)(C)OC(=O)C1=C(CBr)C[S+]([O-])[C@@H]2C(NC(=O)c3ccccc3)C(=O)N12. The van der Waals surface area contributed by atoms with E-state index in [1.165, 1.54) is 4.90 Å². The van der Waals surface area contributed by atoms with Gasteiger partial charge in [0.2, 0.25) is 13.7 Å². The number of amides is 2. The van der Waals surface area contributed by atoms with Crippen LogP contribution in [0.5, 0.6) is 0 Å². The number of halogens is 1. The number of carbonyl (C=O) groups excluding carboxylic acids is 3. The Morgan fingerprint density at radius 3 is 2.54 bits per heavy atom. The zero-order valence-corrected chi connectivity index (χ0v) is 19.1. The van der Waals surface area contributed by atoms with Crippen LogP contribution in [0.3, 0.4) is 0 Å². The average Bonchev–Trinajstić information content (AvgIpc) is 2.64. The van der Waals surface area contributed by atoms with Gasteiger partial charge in [0.15, 0.2) is 6.04 Å². The molecule has 2 aliphatic rings. The predicted molar refractivity (Wildman–Crippen MR) is 112 cm³/mol. The first kappa shape index (κ1) is 21.1. The molecule has 3 atom stereocenters. The molecule has 0 bridgehead atoms. The molecular formula is C18H21BrN2O5SSi. The zero-order valence-electron chi connectivity index (χ0n) is 15.7. The first-order valence-electron chi connectivity index (χ1n) is 8.71. The van der Waals surface area contributed by atoms with Gasteiger partial charge in [-0.25, -0.2) is 4.79 Å². The molecule has 2 unspecified atom stereocenters. The Kier molecular flexibility index (Phi) is 6.04. The normalized spacial score (nSPS) is 24.4. The standard InChI is InChI=1S/C18H21BrN2O5SSi/c1-28(2,3)26-18(24)14-12(9-19)10-27(25)17-13(16(23)21(14)17)20-15(22)11-7-5-4-6-8-11/h4-8,13,17H,9-10H2,1-3H3,(H,20,22)/t13?,17-,27?/m1/s1. The Morgan fingerprint density at radius 2 is 1.96 bits per heavy atom. The molecule has 0 spiro atoms. The third kappa shape index (κ3) is 4.05. The van der Waals surface area contributed by atoms with Crippen LogP contribution in [-0.4, -0.2) is 58.1 Å². The molecule has 28 heavy (non-hydrogen) atoms. The molecule has 1 saturated heterocycles.